The van der Waals surface area contributed by atoms with Gasteiger partial charge in [0.15, 0.2) is 0 Å². The Bertz CT molecular complexity index is 1070. The maximum atomic E-state index is 13.0. The zero-order valence-electron chi connectivity index (χ0n) is 15.2. The molecular weight excluding hydrogens is 399 g/mol. The molecule has 0 bridgehead atoms. The predicted octanol–water partition coefficient (Wildman–Crippen LogP) is 3.98. The molecule has 2 aromatic carbocycles. The number of thiazole rings is 1. The zero-order chi connectivity index (χ0) is 20.8. The minimum atomic E-state index is -0.598. The van der Waals surface area contributed by atoms with Crippen molar-refractivity contribution < 1.29 is 18.8 Å². The summed E-state index contributed by atoms with van der Waals surface area (Å²) < 4.78 is 18.4. The topological polar surface area (TPSA) is 107 Å². The molecule has 0 radical (unpaired) electrons. The second kappa shape index (κ2) is 9.02. The molecule has 3 rings (SSSR count). The van der Waals surface area contributed by atoms with E-state index < -0.39 is 10.7 Å². The Morgan fingerprint density at radius 2 is 2.10 bits per heavy atom. The van der Waals surface area contributed by atoms with Crippen molar-refractivity contribution in [3.05, 3.63) is 80.0 Å². The van der Waals surface area contributed by atoms with Gasteiger partial charge in [-0.25, -0.2) is 14.8 Å². The van der Waals surface area contributed by atoms with E-state index in [0.29, 0.717) is 11.3 Å². The van der Waals surface area contributed by atoms with E-state index in [-0.39, 0.29) is 29.5 Å². The van der Waals surface area contributed by atoms with Crippen LogP contribution in [0, 0.1) is 22.9 Å². The summed E-state index contributed by atoms with van der Waals surface area (Å²) in [4.78, 5) is 26.8. The molecule has 1 heterocycles. The van der Waals surface area contributed by atoms with E-state index >= 15 is 0 Å². The normalized spacial score (nSPS) is 10.8. The first kappa shape index (κ1) is 20.1. The lowest BCUT2D eigenvalue weighted by Gasteiger charge is -2.07. The fourth-order valence-electron chi connectivity index (χ4n) is 2.35. The first-order valence-electron chi connectivity index (χ1n) is 8.35. The number of nitrogens with zero attached hydrogens (tertiary/aromatic N) is 3. The van der Waals surface area contributed by atoms with Gasteiger partial charge in [0.1, 0.15) is 11.6 Å². The van der Waals surface area contributed by atoms with Crippen LogP contribution in [-0.4, -0.2) is 22.0 Å². The molecule has 1 N–H and O–H groups in total. The van der Waals surface area contributed by atoms with E-state index in [1.54, 1.807) is 11.4 Å². The molecule has 0 spiro atoms. The minimum Gasteiger partial charge on any atom is -0.450 e. The number of benzene rings is 2. The standard InChI is InChI=1S/C19H15FN4O4S/c1-12-22-15(11-29-12)9-19(25)23-21-10-13-2-7-18(17(8-13)24(26)27)28-16-5-3-14(20)4-6-16/h2-8,10-11H,9H2,1H3,(H,23,25)/b21-10+. The predicted molar refractivity (Wildman–Crippen MR) is 106 cm³/mol. The molecule has 1 aromatic heterocycles. The smallest absolute Gasteiger partial charge is 0.312 e. The summed E-state index contributed by atoms with van der Waals surface area (Å²) in [5, 5.41) is 17.8. The van der Waals surface area contributed by atoms with Gasteiger partial charge >= 0.3 is 5.69 Å². The number of aromatic nitrogens is 1. The van der Waals surface area contributed by atoms with Crippen LogP contribution in [0.1, 0.15) is 16.3 Å². The van der Waals surface area contributed by atoms with Crippen molar-refractivity contribution in [3.63, 3.8) is 0 Å². The molecule has 0 saturated carbocycles. The molecule has 0 aliphatic rings. The lowest BCUT2D eigenvalue weighted by Crippen LogP contribution is -2.19. The van der Waals surface area contributed by atoms with Gasteiger partial charge < -0.3 is 4.74 Å². The molecule has 10 heteroatoms. The Hall–Kier alpha value is -3.66. The molecule has 1 amide bonds. The van der Waals surface area contributed by atoms with Crippen LogP contribution >= 0.6 is 11.3 Å². The number of hydrogen-bond donors (Lipinski definition) is 1. The fraction of sp³-hybridized carbons (Fsp3) is 0.105. The van der Waals surface area contributed by atoms with E-state index in [1.807, 2.05) is 6.92 Å². The van der Waals surface area contributed by atoms with E-state index in [2.05, 4.69) is 15.5 Å². The summed E-state index contributed by atoms with van der Waals surface area (Å²) in [5.41, 5.74) is 3.11. The number of nitro benzene ring substituents is 1. The van der Waals surface area contributed by atoms with Crippen LogP contribution in [0.3, 0.4) is 0 Å². The fourth-order valence-corrected chi connectivity index (χ4v) is 2.96. The number of nitro groups is 1. The molecule has 0 saturated heterocycles. The average Bonchev–Trinajstić information content (AvgIpc) is 3.09. The molecule has 0 unspecified atom stereocenters. The van der Waals surface area contributed by atoms with Gasteiger partial charge in [0.2, 0.25) is 11.7 Å². The van der Waals surface area contributed by atoms with Gasteiger partial charge in [-0.2, -0.15) is 5.10 Å². The van der Waals surface area contributed by atoms with Crippen LogP contribution in [0.25, 0.3) is 0 Å². The molecule has 3 aromatic rings. The summed E-state index contributed by atoms with van der Waals surface area (Å²) in [6.07, 6.45) is 1.38. The first-order chi connectivity index (χ1) is 13.9. The number of carbonyl (C=O) groups is 1. The third-order valence-corrected chi connectivity index (χ3v) is 4.45. The maximum Gasteiger partial charge on any atom is 0.312 e. The van der Waals surface area contributed by atoms with Crippen molar-refractivity contribution in [2.45, 2.75) is 13.3 Å². The van der Waals surface area contributed by atoms with Crippen molar-refractivity contribution in [2.24, 2.45) is 5.10 Å². The average molecular weight is 414 g/mol. The van der Waals surface area contributed by atoms with Gasteiger partial charge in [0, 0.05) is 17.0 Å². The van der Waals surface area contributed by atoms with Crippen molar-refractivity contribution in [2.75, 3.05) is 0 Å². The highest BCUT2D eigenvalue weighted by Gasteiger charge is 2.16. The number of nitrogens with one attached hydrogen (secondary N) is 1. The summed E-state index contributed by atoms with van der Waals surface area (Å²) in [7, 11) is 0. The molecule has 0 atom stereocenters. The van der Waals surface area contributed by atoms with Crippen molar-refractivity contribution in [1.82, 2.24) is 10.4 Å². The SMILES string of the molecule is Cc1nc(CC(=O)N/N=C/c2ccc(Oc3ccc(F)cc3)c([N+](=O)[O-])c2)cs1. The number of carbonyl (C=O) groups excluding carboxylic acids is 1. The quantitative estimate of drug-likeness (QED) is 0.357. The number of ether oxygens (including phenoxy) is 1. The lowest BCUT2D eigenvalue weighted by atomic mass is 10.2. The summed E-state index contributed by atoms with van der Waals surface area (Å²) in [6, 6.07) is 9.34. The molecular formula is C19H15FN4O4S. The molecule has 0 aliphatic carbocycles. The van der Waals surface area contributed by atoms with Crippen LogP contribution in [0.15, 0.2) is 52.9 Å². The Morgan fingerprint density at radius 1 is 1.34 bits per heavy atom. The number of hydrazone groups is 1. The van der Waals surface area contributed by atoms with Gasteiger partial charge in [-0.05, 0) is 43.3 Å². The van der Waals surface area contributed by atoms with E-state index in [9.17, 15) is 19.3 Å². The Morgan fingerprint density at radius 3 is 2.76 bits per heavy atom. The monoisotopic (exact) mass is 414 g/mol. The van der Waals surface area contributed by atoms with Crippen LogP contribution < -0.4 is 10.2 Å². The molecule has 148 valence electrons. The molecule has 29 heavy (non-hydrogen) atoms. The molecule has 8 nitrogen and oxygen atoms in total. The lowest BCUT2D eigenvalue weighted by molar-refractivity contribution is -0.385. The third-order valence-electron chi connectivity index (χ3n) is 3.63. The van der Waals surface area contributed by atoms with Crippen LogP contribution in [0.4, 0.5) is 10.1 Å². The Balaban J connectivity index is 1.67. The van der Waals surface area contributed by atoms with Crippen molar-refractivity contribution >= 4 is 29.1 Å². The van der Waals surface area contributed by atoms with Crippen molar-refractivity contribution in [3.8, 4) is 11.5 Å². The summed E-state index contributed by atoms with van der Waals surface area (Å²) in [6.45, 7) is 1.85. The van der Waals surface area contributed by atoms with Crippen molar-refractivity contribution in [1.29, 1.82) is 0 Å². The highest BCUT2D eigenvalue weighted by molar-refractivity contribution is 7.09. The largest absolute Gasteiger partial charge is 0.450 e. The van der Waals surface area contributed by atoms with Gasteiger partial charge in [-0.15, -0.1) is 11.3 Å². The number of aryl methyl sites for hydroxylation is 1. The number of amides is 1. The first-order valence-corrected chi connectivity index (χ1v) is 9.23. The second-order valence-corrected chi connectivity index (χ2v) is 6.93. The third kappa shape index (κ3) is 5.66. The van der Waals surface area contributed by atoms with Crippen LogP contribution in [-0.2, 0) is 11.2 Å². The number of halogens is 1. The van der Waals surface area contributed by atoms with Gasteiger partial charge in [0.05, 0.1) is 28.3 Å². The minimum absolute atomic E-state index is 0.00157. The van der Waals surface area contributed by atoms with Gasteiger partial charge in [-0.1, -0.05) is 0 Å². The number of rotatable bonds is 7. The Kier molecular flexibility index (Phi) is 6.25. The van der Waals surface area contributed by atoms with E-state index in [1.165, 1.54) is 53.9 Å². The van der Waals surface area contributed by atoms with E-state index in [4.69, 9.17) is 4.74 Å². The highest BCUT2D eigenvalue weighted by atomic mass is 32.1. The molecule has 0 aliphatic heterocycles. The van der Waals surface area contributed by atoms with E-state index in [0.717, 1.165) is 5.01 Å². The van der Waals surface area contributed by atoms with Crippen LogP contribution in [0.5, 0.6) is 11.5 Å². The van der Waals surface area contributed by atoms with Gasteiger partial charge in [-0.3, -0.25) is 14.9 Å². The van der Waals surface area contributed by atoms with Gasteiger partial charge in [0.25, 0.3) is 0 Å². The zero-order valence-corrected chi connectivity index (χ0v) is 16.0. The molecule has 0 fully saturated rings. The second-order valence-electron chi connectivity index (χ2n) is 5.87. The number of hydrogen-bond acceptors (Lipinski definition) is 7. The Labute approximate surface area is 168 Å². The maximum absolute atomic E-state index is 13.0. The summed E-state index contributed by atoms with van der Waals surface area (Å²) in [5.74, 6) is -0.523. The van der Waals surface area contributed by atoms with Crippen LogP contribution in [0.2, 0.25) is 0 Å². The summed E-state index contributed by atoms with van der Waals surface area (Å²) >= 11 is 1.45. The highest BCUT2D eigenvalue weighted by Crippen LogP contribution is 2.31.